The zero-order valence-corrected chi connectivity index (χ0v) is 13.6. The number of hydrogen-bond acceptors (Lipinski definition) is 4. The topological polar surface area (TPSA) is 49.6 Å². The predicted molar refractivity (Wildman–Crippen MR) is 94.2 cm³/mol. The molecule has 1 aromatic heterocycles. The van der Waals surface area contributed by atoms with Gasteiger partial charge in [0.1, 0.15) is 0 Å². The average Bonchev–Trinajstić information content (AvgIpc) is 3.25. The molecule has 4 rings (SSSR count). The number of thioether (sulfide) groups is 1. The molecule has 1 aromatic carbocycles. The average molecular weight is 326 g/mol. The molecule has 0 spiro atoms. The summed E-state index contributed by atoms with van der Waals surface area (Å²) in [5, 5.41) is 7.32. The van der Waals surface area contributed by atoms with Gasteiger partial charge in [-0.05, 0) is 22.9 Å². The Morgan fingerprint density at radius 1 is 1.30 bits per heavy atom. The fraction of sp³-hybridized carbons (Fsp3) is 0.294. The van der Waals surface area contributed by atoms with E-state index in [4.69, 9.17) is 0 Å². The molecule has 0 radical (unpaired) electrons. The second kappa shape index (κ2) is 6.12. The van der Waals surface area contributed by atoms with Crippen LogP contribution in [-0.4, -0.2) is 40.2 Å². The Labute approximate surface area is 139 Å². The van der Waals surface area contributed by atoms with Gasteiger partial charge in [0.05, 0.1) is 13.0 Å². The summed E-state index contributed by atoms with van der Waals surface area (Å²) >= 11 is 1.62. The van der Waals surface area contributed by atoms with Crippen molar-refractivity contribution in [1.82, 2.24) is 14.8 Å². The fourth-order valence-corrected chi connectivity index (χ4v) is 3.95. The van der Waals surface area contributed by atoms with Crippen LogP contribution in [-0.2, 0) is 11.3 Å². The molecule has 0 atom stereocenters. The molecule has 2 aliphatic rings. The van der Waals surface area contributed by atoms with Crippen LogP contribution in [0.15, 0.2) is 52.6 Å². The van der Waals surface area contributed by atoms with Crippen LogP contribution < -0.4 is 5.32 Å². The molecule has 0 aliphatic carbocycles. The van der Waals surface area contributed by atoms with Crippen LogP contribution in [0, 0.1) is 0 Å². The Bertz CT molecular complexity index is 808. The molecule has 3 heterocycles. The summed E-state index contributed by atoms with van der Waals surface area (Å²) in [6, 6.07) is 10.4. The number of hydrogen-bond donors (Lipinski definition) is 1. The van der Waals surface area contributed by atoms with Crippen molar-refractivity contribution in [2.24, 2.45) is 4.99 Å². The van der Waals surface area contributed by atoms with E-state index in [0.717, 1.165) is 30.5 Å². The second-order valence-corrected chi connectivity index (χ2v) is 6.47. The van der Waals surface area contributed by atoms with Crippen LogP contribution in [0.1, 0.15) is 6.42 Å². The number of nitrogens with zero attached hydrogens (tertiary/aromatic N) is 3. The smallest absolute Gasteiger partial charge is 0.226 e. The van der Waals surface area contributed by atoms with E-state index in [2.05, 4.69) is 44.2 Å². The van der Waals surface area contributed by atoms with Crippen molar-refractivity contribution in [1.29, 1.82) is 0 Å². The first-order valence-electron chi connectivity index (χ1n) is 7.79. The molecule has 0 bridgehead atoms. The van der Waals surface area contributed by atoms with E-state index < -0.39 is 0 Å². The van der Waals surface area contributed by atoms with Crippen molar-refractivity contribution in [2.45, 2.75) is 13.0 Å². The minimum absolute atomic E-state index is 0.0708. The van der Waals surface area contributed by atoms with E-state index in [0.29, 0.717) is 13.0 Å². The van der Waals surface area contributed by atoms with E-state index in [9.17, 15) is 4.79 Å². The summed E-state index contributed by atoms with van der Waals surface area (Å²) in [4.78, 5) is 18.7. The number of nitrogens with one attached hydrogen (secondary N) is 1. The summed E-state index contributed by atoms with van der Waals surface area (Å²) in [5.41, 5.74) is 2.27. The van der Waals surface area contributed by atoms with Crippen molar-refractivity contribution in [3.8, 4) is 0 Å². The number of aliphatic imine (C=N–C) groups is 1. The number of aromatic nitrogens is 1. The fourth-order valence-electron chi connectivity index (χ4n) is 2.99. The molecule has 0 fully saturated rings. The Morgan fingerprint density at radius 3 is 3.17 bits per heavy atom. The number of amidine groups is 1. The van der Waals surface area contributed by atoms with Gasteiger partial charge in [0.15, 0.2) is 5.17 Å². The number of carbonyl (C=O) groups excluding carboxylic acids is 1. The monoisotopic (exact) mass is 326 g/mol. The minimum Gasteiger partial charge on any atom is -0.354 e. The highest BCUT2D eigenvalue weighted by atomic mass is 32.2. The van der Waals surface area contributed by atoms with Gasteiger partial charge in [0.25, 0.3) is 0 Å². The molecule has 23 heavy (non-hydrogen) atoms. The number of para-hydroxylation sites is 1. The third-order valence-electron chi connectivity index (χ3n) is 4.15. The van der Waals surface area contributed by atoms with Gasteiger partial charge in [-0.1, -0.05) is 30.0 Å². The minimum atomic E-state index is 0.0708. The molecule has 1 amide bonds. The van der Waals surface area contributed by atoms with Gasteiger partial charge in [-0.3, -0.25) is 9.79 Å². The largest absolute Gasteiger partial charge is 0.354 e. The number of rotatable bonds is 5. The molecule has 1 N–H and O–H groups in total. The first kappa shape index (κ1) is 14.4. The third kappa shape index (κ3) is 2.86. The van der Waals surface area contributed by atoms with Crippen molar-refractivity contribution < 1.29 is 4.79 Å². The Morgan fingerprint density at radius 2 is 2.22 bits per heavy atom. The SMILES string of the molecule is O=C(CC1=CSC2=NCCN12)NCCn1ccc2ccccc21. The summed E-state index contributed by atoms with van der Waals surface area (Å²) in [7, 11) is 0. The lowest BCUT2D eigenvalue weighted by Gasteiger charge is -2.16. The highest BCUT2D eigenvalue weighted by Crippen LogP contribution is 2.30. The maximum absolute atomic E-state index is 12.1. The summed E-state index contributed by atoms with van der Waals surface area (Å²) < 4.78 is 2.17. The molecule has 0 saturated carbocycles. The van der Waals surface area contributed by atoms with Gasteiger partial charge in [-0.15, -0.1) is 0 Å². The standard InChI is InChI=1S/C17H18N4OS/c22-16(11-14-12-23-17-19-7-10-21(14)17)18-6-9-20-8-5-13-3-1-2-4-15(13)20/h1-5,8,12H,6-7,9-11H2,(H,18,22). The van der Waals surface area contributed by atoms with Gasteiger partial charge < -0.3 is 14.8 Å². The van der Waals surface area contributed by atoms with Crippen LogP contribution in [0.5, 0.6) is 0 Å². The quantitative estimate of drug-likeness (QED) is 0.918. The van der Waals surface area contributed by atoms with Gasteiger partial charge >= 0.3 is 0 Å². The summed E-state index contributed by atoms with van der Waals surface area (Å²) in [6.07, 6.45) is 2.50. The van der Waals surface area contributed by atoms with Crippen LogP contribution in [0.2, 0.25) is 0 Å². The normalized spacial score (nSPS) is 16.4. The van der Waals surface area contributed by atoms with Gasteiger partial charge in [0, 0.05) is 37.0 Å². The van der Waals surface area contributed by atoms with Crippen molar-refractivity contribution in [2.75, 3.05) is 19.6 Å². The van der Waals surface area contributed by atoms with E-state index in [1.807, 2.05) is 17.5 Å². The Kier molecular flexibility index (Phi) is 3.83. The number of benzene rings is 1. The molecule has 0 unspecified atom stereocenters. The van der Waals surface area contributed by atoms with E-state index in [1.54, 1.807) is 11.8 Å². The van der Waals surface area contributed by atoms with Crippen LogP contribution >= 0.6 is 11.8 Å². The lowest BCUT2D eigenvalue weighted by molar-refractivity contribution is -0.120. The van der Waals surface area contributed by atoms with Crippen LogP contribution in [0.25, 0.3) is 10.9 Å². The predicted octanol–water partition coefficient (Wildman–Crippen LogP) is 2.41. The lowest BCUT2D eigenvalue weighted by atomic mass is 10.2. The molecule has 5 nitrogen and oxygen atoms in total. The number of carbonyl (C=O) groups is 1. The van der Waals surface area contributed by atoms with E-state index in [-0.39, 0.29) is 5.91 Å². The molecular weight excluding hydrogens is 308 g/mol. The number of amides is 1. The van der Waals surface area contributed by atoms with Gasteiger partial charge in [-0.25, -0.2) is 0 Å². The summed E-state index contributed by atoms with van der Waals surface area (Å²) in [5.74, 6) is 0.0708. The Hall–Kier alpha value is -2.21. The highest BCUT2D eigenvalue weighted by molar-refractivity contribution is 8.16. The van der Waals surface area contributed by atoms with E-state index in [1.165, 1.54) is 10.9 Å². The van der Waals surface area contributed by atoms with Crippen LogP contribution in [0.4, 0.5) is 0 Å². The first-order valence-corrected chi connectivity index (χ1v) is 8.67. The van der Waals surface area contributed by atoms with Crippen LogP contribution in [0.3, 0.4) is 0 Å². The zero-order valence-electron chi connectivity index (χ0n) is 12.7. The molecule has 2 aliphatic heterocycles. The van der Waals surface area contributed by atoms with Crippen molar-refractivity contribution in [3.05, 3.63) is 47.6 Å². The maximum Gasteiger partial charge on any atom is 0.226 e. The molecule has 118 valence electrons. The third-order valence-corrected chi connectivity index (χ3v) is 5.10. The maximum atomic E-state index is 12.1. The lowest BCUT2D eigenvalue weighted by Crippen LogP contribution is -2.30. The number of fused-ring (bicyclic) bond motifs is 2. The van der Waals surface area contributed by atoms with Crippen molar-refractivity contribution >= 4 is 33.7 Å². The van der Waals surface area contributed by atoms with Gasteiger partial charge in [-0.2, -0.15) is 0 Å². The molecule has 2 aromatic rings. The molecular formula is C17H18N4OS. The van der Waals surface area contributed by atoms with Crippen molar-refractivity contribution in [3.63, 3.8) is 0 Å². The second-order valence-electron chi connectivity index (χ2n) is 5.64. The Balaban J connectivity index is 1.30. The first-order chi connectivity index (χ1) is 11.3. The van der Waals surface area contributed by atoms with Gasteiger partial charge in [0.2, 0.25) is 5.91 Å². The van der Waals surface area contributed by atoms with E-state index >= 15 is 0 Å². The molecule has 6 heteroatoms. The highest BCUT2D eigenvalue weighted by Gasteiger charge is 2.27. The zero-order chi connectivity index (χ0) is 15.6. The summed E-state index contributed by atoms with van der Waals surface area (Å²) in [6.45, 7) is 3.15. The molecule has 0 saturated heterocycles.